The van der Waals surface area contributed by atoms with Gasteiger partial charge in [-0.1, -0.05) is 10.5 Å². The molecule has 1 rings (SSSR count). The minimum Gasteiger partial charge on any atom is -0.205 e. The summed E-state index contributed by atoms with van der Waals surface area (Å²) in [6.07, 6.45) is 0. The van der Waals surface area contributed by atoms with Crippen LogP contribution in [0.2, 0.25) is 0 Å². The van der Waals surface area contributed by atoms with Crippen molar-refractivity contribution < 1.29 is 21.7 Å². The third kappa shape index (κ3) is 2.02. The molecule has 72 valence electrons. The van der Waals surface area contributed by atoms with Crippen molar-refractivity contribution in [3.63, 3.8) is 0 Å². The van der Waals surface area contributed by atoms with Crippen molar-refractivity contribution in [3.05, 3.63) is 29.6 Å². The van der Waals surface area contributed by atoms with Crippen molar-refractivity contribution in [3.8, 4) is 0 Å². The van der Waals surface area contributed by atoms with E-state index < -0.39 is 20.8 Å². The van der Waals surface area contributed by atoms with E-state index in [1.54, 1.807) is 6.92 Å². The van der Waals surface area contributed by atoms with Crippen molar-refractivity contribution >= 4 is 10.1 Å². The van der Waals surface area contributed by atoms with Gasteiger partial charge in [0.1, 0.15) is 10.7 Å². The Bertz CT molecular complexity index is 414. The molecule has 13 heavy (non-hydrogen) atoms. The second kappa shape index (κ2) is 3.39. The lowest BCUT2D eigenvalue weighted by Gasteiger charge is -2.00. The molecule has 0 unspecified atom stereocenters. The molecule has 0 bridgehead atoms. The van der Waals surface area contributed by atoms with E-state index in [1.807, 2.05) is 0 Å². The van der Waals surface area contributed by atoms with Gasteiger partial charge in [-0.2, -0.15) is 8.42 Å². The Morgan fingerprint density at radius 1 is 1.38 bits per heavy atom. The predicted octanol–water partition coefficient (Wildman–Crippen LogP) is 1.72. The fourth-order valence-electron chi connectivity index (χ4n) is 0.843. The van der Waals surface area contributed by atoms with Crippen LogP contribution < -0.4 is 0 Å². The van der Waals surface area contributed by atoms with Gasteiger partial charge in [-0.25, -0.2) is 4.39 Å². The monoisotopic (exact) mass is 208 g/mol. The standard InChI is InChI=1S/C7H6F2O3S/c1-5-2-3-7(6(8)4-5)13(10,11)12-9/h2-4H,1H3. The summed E-state index contributed by atoms with van der Waals surface area (Å²) in [5, 5.41) is 0. The maximum atomic E-state index is 12.9. The number of halogens is 2. The Morgan fingerprint density at radius 2 is 2.00 bits per heavy atom. The molecule has 6 heteroatoms. The first kappa shape index (κ1) is 10.1. The topological polar surface area (TPSA) is 43.4 Å². The summed E-state index contributed by atoms with van der Waals surface area (Å²) in [7, 11) is -4.59. The second-order valence-electron chi connectivity index (χ2n) is 2.45. The average molecular weight is 208 g/mol. The molecule has 0 aliphatic heterocycles. The number of hydrogen-bond acceptors (Lipinski definition) is 3. The van der Waals surface area contributed by atoms with E-state index in [0.29, 0.717) is 5.56 Å². The summed E-state index contributed by atoms with van der Waals surface area (Å²) in [6, 6.07) is 3.26. The van der Waals surface area contributed by atoms with E-state index in [4.69, 9.17) is 0 Å². The van der Waals surface area contributed by atoms with E-state index in [-0.39, 0.29) is 0 Å². The van der Waals surface area contributed by atoms with Crippen LogP contribution in [0, 0.1) is 12.7 Å². The van der Waals surface area contributed by atoms with Gasteiger partial charge in [0.25, 0.3) is 0 Å². The van der Waals surface area contributed by atoms with Crippen LogP contribution >= 0.6 is 0 Å². The molecule has 0 fully saturated rings. The number of hydrogen-bond donors (Lipinski definition) is 0. The molecule has 0 radical (unpaired) electrons. The van der Waals surface area contributed by atoms with Gasteiger partial charge in [0, 0.05) is 0 Å². The first-order valence-electron chi connectivity index (χ1n) is 3.29. The summed E-state index contributed by atoms with van der Waals surface area (Å²) in [6.45, 7) is 1.58. The number of aryl methyl sites for hydroxylation is 1. The molecule has 0 atom stereocenters. The van der Waals surface area contributed by atoms with E-state index in [0.717, 1.165) is 12.1 Å². The summed E-state index contributed by atoms with van der Waals surface area (Å²) >= 11 is 0. The Morgan fingerprint density at radius 3 is 2.46 bits per heavy atom. The van der Waals surface area contributed by atoms with Crippen LogP contribution in [0.3, 0.4) is 0 Å². The third-order valence-electron chi connectivity index (χ3n) is 1.44. The van der Waals surface area contributed by atoms with Gasteiger partial charge in [-0.15, -0.1) is 0 Å². The fraction of sp³-hybridized carbons (Fsp3) is 0.143. The van der Waals surface area contributed by atoms with Crippen molar-refractivity contribution in [2.75, 3.05) is 0 Å². The van der Waals surface area contributed by atoms with Crippen LogP contribution in [-0.4, -0.2) is 8.42 Å². The van der Waals surface area contributed by atoms with Gasteiger partial charge in [0.15, 0.2) is 0 Å². The zero-order valence-electron chi connectivity index (χ0n) is 6.62. The SMILES string of the molecule is Cc1ccc(S(=O)(=O)OF)c(F)c1. The number of benzene rings is 1. The molecule has 0 aromatic heterocycles. The third-order valence-corrected chi connectivity index (χ3v) is 2.48. The summed E-state index contributed by atoms with van der Waals surface area (Å²) < 4.78 is 48.5. The highest BCUT2D eigenvalue weighted by Crippen LogP contribution is 2.17. The molecular formula is C7H6F2O3S. The molecule has 0 saturated carbocycles. The molecule has 0 amide bonds. The summed E-state index contributed by atoms with van der Waals surface area (Å²) in [4.78, 5) is -0.805. The van der Waals surface area contributed by atoms with E-state index in [1.165, 1.54) is 6.07 Å². The van der Waals surface area contributed by atoms with Gasteiger partial charge < -0.3 is 0 Å². The van der Waals surface area contributed by atoms with Crippen LogP contribution in [0.1, 0.15) is 5.56 Å². The first-order valence-corrected chi connectivity index (χ1v) is 4.69. The molecule has 0 aliphatic carbocycles. The van der Waals surface area contributed by atoms with Crippen LogP contribution in [0.5, 0.6) is 0 Å². The summed E-state index contributed by atoms with van der Waals surface area (Å²) in [5.74, 6) is -1.03. The Balaban J connectivity index is 3.33. The van der Waals surface area contributed by atoms with Crippen LogP contribution in [-0.2, 0) is 14.5 Å². The predicted molar refractivity (Wildman–Crippen MR) is 40.5 cm³/mol. The van der Waals surface area contributed by atoms with Crippen molar-refractivity contribution in [2.24, 2.45) is 0 Å². The van der Waals surface area contributed by atoms with Gasteiger partial charge in [-0.05, 0) is 29.1 Å². The number of rotatable bonds is 2. The highest BCUT2D eigenvalue weighted by atomic mass is 32.2. The maximum absolute atomic E-state index is 12.9. The van der Waals surface area contributed by atoms with Crippen molar-refractivity contribution in [1.82, 2.24) is 0 Å². The Hall–Kier alpha value is -1.01. The van der Waals surface area contributed by atoms with Crippen LogP contribution in [0.15, 0.2) is 23.1 Å². The molecule has 3 nitrogen and oxygen atoms in total. The second-order valence-corrected chi connectivity index (χ2v) is 3.93. The van der Waals surface area contributed by atoms with Crippen LogP contribution in [0.25, 0.3) is 0 Å². The molecule has 1 aromatic rings. The van der Waals surface area contributed by atoms with E-state index in [2.05, 4.69) is 4.39 Å². The van der Waals surface area contributed by atoms with E-state index >= 15 is 0 Å². The highest BCUT2D eigenvalue weighted by Gasteiger charge is 2.20. The quantitative estimate of drug-likeness (QED) is 0.743. The minimum atomic E-state index is -4.59. The first-order chi connectivity index (χ1) is 5.97. The molecular weight excluding hydrogens is 202 g/mol. The van der Waals surface area contributed by atoms with Gasteiger partial charge in [0.2, 0.25) is 0 Å². The zero-order chi connectivity index (χ0) is 10.1. The molecule has 0 spiro atoms. The zero-order valence-corrected chi connectivity index (χ0v) is 7.44. The lowest BCUT2D eigenvalue weighted by molar-refractivity contribution is 0.00252. The maximum Gasteiger partial charge on any atom is 0.330 e. The van der Waals surface area contributed by atoms with Crippen molar-refractivity contribution in [2.45, 2.75) is 11.8 Å². The normalized spacial score (nSPS) is 11.6. The van der Waals surface area contributed by atoms with Gasteiger partial charge >= 0.3 is 10.1 Å². The smallest absolute Gasteiger partial charge is 0.205 e. The largest absolute Gasteiger partial charge is 0.330 e. The molecule has 1 aromatic carbocycles. The van der Waals surface area contributed by atoms with Crippen LogP contribution in [0.4, 0.5) is 8.92 Å². The highest BCUT2D eigenvalue weighted by molar-refractivity contribution is 7.86. The lowest BCUT2D eigenvalue weighted by atomic mass is 10.2. The molecule has 0 saturated heterocycles. The van der Waals surface area contributed by atoms with Gasteiger partial charge in [-0.3, -0.25) is 0 Å². The summed E-state index contributed by atoms with van der Waals surface area (Å²) in [5.41, 5.74) is 0.537. The fourth-order valence-corrected chi connectivity index (χ4v) is 1.44. The van der Waals surface area contributed by atoms with Crippen molar-refractivity contribution in [1.29, 1.82) is 0 Å². The Kier molecular flexibility index (Phi) is 2.63. The molecule has 0 aliphatic rings. The molecule has 0 heterocycles. The van der Waals surface area contributed by atoms with E-state index in [9.17, 15) is 17.3 Å². The Labute approximate surface area is 74.0 Å². The lowest BCUT2D eigenvalue weighted by Crippen LogP contribution is -2.03. The molecule has 0 N–H and O–H groups in total. The van der Waals surface area contributed by atoms with Gasteiger partial charge in [0.05, 0.1) is 0 Å². The average Bonchev–Trinajstić information content (AvgIpc) is 2.03. The minimum absolute atomic E-state index is 0.537.